The van der Waals surface area contributed by atoms with Crippen molar-refractivity contribution in [1.29, 1.82) is 0 Å². The van der Waals surface area contributed by atoms with E-state index in [2.05, 4.69) is 46.4 Å². The zero-order valence-corrected chi connectivity index (χ0v) is 10.4. The van der Waals surface area contributed by atoms with Crippen LogP contribution in [0.15, 0.2) is 18.6 Å². The Morgan fingerprint density at radius 2 is 2.29 bits per heavy atom. The van der Waals surface area contributed by atoms with Crippen LogP contribution in [0.25, 0.3) is 0 Å². The summed E-state index contributed by atoms with van der Waals surface area (Å²) < 4.78 is 2.00. The SMILES string of the molecule is CCNC(c1ncn[nH]1)c1ccnn1C(C)C. The van der Waals surface area contributed by atoms with E-state index >= 15 is 0 Å². The first-order valence-electron chi connectivity index (χ1n) is 5.86. The van der Waals surface area contributed by atoms with Crippen molar-refractivity contribution in [3.8, 4) is 0 Å². The molecule has 0 saturated heterocycles. The van der Waals surface area contributed by atoms with Crippen molar-refractivity contribution in [3.63, 3.8) is 0 Å². The van der Waals surface area contributed by atoms with Crippen molar-refractivity contribution >= 4 is 0 Å². The molecule has 92 valence electrons. The Labute approximate surface area is 100 Å². The molecule has 6 heteroatoms. The fourth-order valence-electron chi connectivity index (χ4n) is 1.88. The van der Waals surface area contributed by atoms with Crippen LogP contribution in [0.4, 0.5) is 0 Å². The molecule has 0 aliphatic carbocycles. The Bertz CT molecular complexity index is 444. The van der Waals surface area contributed by atoms with Gasteiger partial charge in [-0.1, -0.05) is 6.92 Å². The fourth-order valence-corrected chi connectivity index (χ4v) is 1.88. The summed E-state index contributed by atoms with van der Waals surface area (Å²) in [5.41, 5.74) is 1.10. The Kier molecular flexibility index (Phi) is 3.53. The van der Waals surface area contributed by atoms with Gasteiger partial charge in [-0.25, -0.2) is 4.98 Å². The minimum absolute atomic E-state index is 0.00685. The molecule has 2 rings (SSSR count). The summed E-state index contributed by atoms with van der Waals surface area (Å²) in [5.74, 6) is 0.814. The summed E-state index contributed by atoms with van der Waals surface area (Å²) in [6.45, 7) is 7.15. The molecule has 17 heavy (non-hydrogen) atoms. The molecule has 1 atom stereocenters. The summed E-state index contributed by atoms with van der Waals surface area (Å²) in [5, 5.41) is 14.5. The molecule has 2 heterocycles. The molecule has 2 aromatic heterocycles. The number of aromatic amines is 1. The number of nitrogens with zero attached hydrogens (tertiary/aromatic N) is 4. The van der Waals surface area contributed by atoms with E-state index in [1.807, 2.05) is 16.9 Å². The van der Waals surface area contributed by atoms with Crippen LogP contribution in [0, 0.1) is 0 Å². The molecular formula is C11H18N6. The van der Waals surface area contributed by atoms with Crippen molar-refractivity contribution in [3.05, 3.63) is 30.1 Å². The van der Waals surface area contributed by atoms with Crippen LogP contribution in [-0.4, -0.2) is 31.5 Å². The van der Waals surface area contributed by atoms with Gasteiger partial charge in [-0.15, -0.1) is 0 Å². The molecule has 2 N–H and O–H groups in total. The highest BCUT2D eigenvalue weighted by molar-refractivity contribution is 5.16. The number of aromatic nitrogens is 5. The van der Waals surface area contributed by atoms with Gasteiger partial charge in [-0.2, -0.15) is 10.2 Å². The summed E-state index contributed by atoms with van der Waals surface area (Å²) in [4.78, 5) is 4.22. The van der Waals surface area contributed by atoms with Crippen molar-refractivity contribution in [2.45, 2.75) is 32.9 Å². The fraction of sp³-hybridized carbons (Fsp3) is 0.545. The number of hydrogen-bond acceptors (Lipinski definition) is 4. The first-order chi connectivity index (χ1) is 8.24. The molecular weight excluding hydrogens is 216 g/mol. The Morgan fingerprint density at radius 1 is 1.47 bits per heavy atom. The van der Waals surface area contributed by atoms with E-state index < -0.39 is 0 Å². The van der Waals surface area contributed by atoms with Gasteiger partial charge in [-0.3, -0.25) is 9.78 Å². The van der Waals surface area contributed by atoms with Crippen LogP contribution < -0.4 is 5.32 Å². The van der Waals surface area contributed by atoms with Gasteiger partial charge in [0.15, 0.2) is 0 Å². The van der Waals surface area contributed by atoms with Crippen LogP contribution in [0.5, 0.6) is 0 Å². The standard InChI is InChI=1S/C11H18N6/c1-4-12-10(11-13-7-14-16-11)9-5-6-15-17(9)8(2)3/h5-8,10,12H,4H2,1-3H3,(H,13,14,16). The summed E-state index contributed by atoms with van der Waals surface area (Å²) in [6.07, 6.45) is 3.34. The van der Waals surface area contributed by atoms with Gasteiger partial charge in [0.1, 0.15) is 18.2 Å². The van der Waals surface area contributed by atoms with Gasteiger partial charge in [0.25, 0.3) is 0 Å². The molecule has 6 nitrogen and oxygen atoms in total. The monoisotopic (exact) mass is 234 g/mol. The number of hydrogen-bond donors (Lipinski definition) is 2. The molecule has 0 aliphatic rings. The Morgan fingerprint density at radius 3 is 2.88 bits per heavy atom. The van der Waals surface area contributed by atoms with Crippen molar-refractivity contribution in [2.75, 3.05) is 6.54 Å². The van der Waals surface area contributed by atoms with Crippen LogP contribution >= 0.6 is 0 Å². The van der Waals surface area contributed by atoms with Gasteiger partial charge < -0.3 is 5.32 Å². The highest BCUT2D eigenvalue weighted by Gasteiger charge is 2.20. The Hall–Kier alpha value is -1.69. The van der Waals surface area contributed by atoms with Gasteiger partial charge >= 0.3 is 0 Å². The minimum Gasteiger partial charge on any atom is -0.303 e. The van der Waals surface area contributed by atoms with E-state index in [4.69, 9.17) is 0 Å². The maximum Gasteiger partial charge on any atom is 0.147 e. The number of rotatable bonds is 5. The zero-order chi connectivity index (χ0) is 12.3. The minimum atomic E-state index is 0.00685. The third kappa shape index (κ3) is 2.36. The maximum atomic E-state index is 4.34. The van der Waals surface area contributed by atoms with Crippen LogP contribution in [-0.2, 0) is 0 Å². The van der Waals surface area contributed by atoms with Gasteiger partial charge in [0, 0.05) is 12.2 Å². The second-order valence-electron chi connectivity index (χ2n) is 4.16. The molecule has 2 aromatic rings. The second-order valence-corrected chi connectivity index (χ2v) is 4.16. The lowest BCUT2D eigenvalue weighted by atomic mass is 10.2. The van der Waals surface area contributed by atoms with Crippen molar-refractivity contribution in [2.24, 2.45) is 0 Å². The Balaban J connectivity index is 2.36. The lowest BCUT2D eigenvalue weighted by molar-refractivity contribution is 0.469. The predicted octanol–water partition coefficient (Wildman–Crippen LogP) is 1.28. The lowest BCUT2D eigenvalue weighted by Gasteiger charge is -2.19. The largest absolute Gasteiger partial charge is 0.303 e. The first-order valence-corrected chi connectivity index (χ1v) is 5.86. The number of H-pyrrole nitrogens is 1. The maximum absolute atomic E-state index is 4.34. The third-order valence-electron chi connectivity index (χ3n) is 2.60. The van der Waals surface area contributed by atoms with Gasteiger partial charge in [-0.05, 0) is 26.5 Å². The van der Waals surface area contributed by atoms with Crippen LogP contribution in [0.3, 0.4) is 0 Å². The quantitative estimate of drug-likeness (QED) is 0.817. The molecule has 0 aromatic carbocycles. The molecule has 0 amide bonds. The van der Waals surface area contributed by atoms with Gasteiger partial charge in [0.2, 0.25) is 0 Å². The highest BCUT2D eigenvalue weighted by Crippen LogP contribution is 2.20. The molecule has 0 fully saturated rings. The summed E-state index contributed by atoms with van der Waals surface area (Å²) >= 11 is 0. The average Bonchev–Trinajstić information content (AvgIpc) is 2.96. The lowest BCUT2D eigenvalue weighted by Crippen LogP contribution is -2.26. The molecule has 0 radical (unpaired) electrons. The second kappa shape index (κ2) is 5.09. The zero-order valence-electron chi connectivity index (χ0n) is 10.4. The van der Waals surface area contributed by atoms with Crippen LogP contribution in [0.1, 0.15) is 44.4 Å². The number of nitrogens with one attached hydrogen (secondary N) is 2. The topological polar surface area (TPSA) is 71.4 Å². The normalized spacial score (nSPS) is 13.2. The summed E-state index contributed by atoms with van der Waals surface area (Å²) in [6, 6.07) is 2.34. The van der Waals surface area contributed by atoms with E-state index in [0.29, 0.717) is 6.04 Å². The highest BCUT2D eigenvalue weighted by atomic mass is 15.3. The molecule has 0 aliphatic heterocycles. The van der Waals surface area contributed by atoms with E-state index in [1.54, 1.807) is 0 Å². The predicted molar refractivity (Wildman–Crippen MR) is 64.5 cm³/mol. The van der Waals surface area contributed by atoms with Crippen molar-refractivity contribution in [1.82, 2.24) is 30.3 Å². The first kappa shape index (κ1) is 11.8. The average molecular weight is 234 g/mol. The summed E-state index contributed by atoms with van der Waals surface area (Å²) in [7, 11) is 0. The van der Waals surface area contributed by atoms with E-state index in [1.165, 1.54) is 6.33 Å². The van der Waals surface area contributed by atoms with Gasteiger partial charge in [0.05, 0.1) is 5.69 Å². The molecule has 1 unspecified atom stereocenters. The molecule has 0 spiro atoms. The molecule has 0 saturated carbocycles. The van der Waals surface area contributed by atoms with E-state index in [9.17, 15) is 0 Å². The van der Waals surface area contributed by atoms with Crippen LogP contribution in [0.2, 0.25) is 0 Å². The van der Waals surface area contributed by atoms with Crippen molar-refractivity contribution < 1.29 is 0 Å². The van der Waals surface area contributed by atoms with E-state index in [-0.39, 0.29) is 6.04 Å². The smallest absolute Gasteiger partial charge is 0.147 e. The van der Waals surface area contributed by atoms with E-state index in [0.717, 1.165) is 18.1 Å². The third-order valence-corrected chi connectivity index (χ3v) is 2.60. The molecule has 0 bridgehead atoms.